The van der Waals surface area contributed by atoms with Crippen LogP contribution in [0.2, 0.25) is 0 Å². The Balaban J connectivity index is 0.000000197. The topological polar surface area (TPSA) is 64.3 Å². The van der Waals surface area contributed by atoms with Crippen molar-refractivity contribution in [3.63, 3.8) is 0 Å². The number of aromatic nitrogens is 2. The van der Waals surface area contributed by atoms with Gasteiger partial charge in [-0.1, -0.05) is 6.42 Å². The second-order valence-electron chi connectivity index (χ2n) is 6.87. The van der Waals surface area contributed by atoms with Gasteiger partial charge in [0.25, 0.3) is 0 Å². The van der Waals surface area contributed by atoms with Crippen molar-refractivity contribution in [2.75, 3.05) is 7.11 Å². The Labute approximate surface area is 156 Å². The van der Waals surface area contributed by atoms with Crippen molar-refractivity contribution in [2.45, 2.75) is 50.9 Å². The number of halogens is 3. The highest BCUT2D eigenvalue weighted by Crippen LogP contribution is 2.30. The predicted octanol–water partition coefficient (Wildman–Crippen LogP) is 3.17. The van der Waals surface area contributed by atoms with Crippen molar-refractivity contribution in [1.82, 2.24) is 14.9 Å². The van der Waals surface area contributed by atoms with Gasteiger partial charge in [-0.2, -0.15) is 4.98 Å². The van der Waals surface area contributed by atoms with E-state index in [1.54, 1.807) is 7.11 Å². The molecule has 1 unspecified atom stereocenters. The van der Waals surface area contributed by atoms with Crippen molar-refractivity contribution in [1.29, 1.82) is 0 Å². The number of hydrogen-bond donors (Lipinski definition) is 1. The van der Waals surface area contributed by atoms with Crippen molar-refractivity contribution >= 4 is 0 Å². The summed E-state index contributed by atoms with van der Waals surface area (Å²) in [5.74, 6) is -2.96. The van der Waals surface area contributed by atoms with Gasteiger partial charge in [0.05, 0.1) is 12.8 Å². The zero-order valence-corrected chi connectivity index (χ0v) is 15.2. The lowest BCUT2D eigenvalue weighted by Gasteiger charge is -2.33. The maximum atomic E-state index is 12.0. The van der Waals surface area contributed by atoms with Crippen LogP contribution in [0.25, 0.3) is 0 Å². The average Bonchev–Trinajstić information content (AvgIpc) is 3.09. The minimum Gasteiger partial charge on any atom is -0.467 e. The summed E-state index contributed by atoms with van der Waals surface area (Å²) in [6, 6.07) is 3.54. The second-order valence-corrected chi connectivity index (χ2v) is 6.87. The summed E-state index contributed by atoms with van der Waals surface area (Å²) >= 11 is 0. The van der Waals surface area contributed by atoms with E-state index in [4.69, 9.17) is 10.5 Å². The molecule has 1 aromatic carbocycles. The van der Waals surface area contributed by atoms with E-state index in [9.17, 15) is 13.2 Å². The number of benzene rings is 1. The molecule has 0 spiro atoms. The van der Waals surface area contributed by atoms with Crippen LogP contribution >= 0.6 is 0 Å². The summed E-state index contributed by atoms with van der Waals surface area (Å²) < 4.78 is 40.9. The van der Waals surface area contributed by atoms with Gasteiger partial charge in [0.15, 0.2) is 11.6 Å². The van der Waals surface area contributed by atoms with Crippen LogP contribution in [0.3, 0.4) is 0 Å². The van der Waals surface area contributed by atoms with Crippen LogP contribution in [0.1, 0.15) is 36.9 Å². The van der Waals surface area contributed by atoms with E-state index < -0.39 is 17.5 Å². The Morgan fingerprint density at radius 3 is 2.63 bits per heavy atom. The third kappa shape index (κ3) is 4.95. The molecule has 2 aliphatic rings. The van der Waals surface area contributed by atoms with E-state index in [1.807, 2.05) is 6.20 Å². The molecule has 2 atom stereocenters. The Morgan fingerprint density at radius 1 is 1.15 bits per heavy atom. The third-order valence-corrected chi connectivity index (χ3v) is 4.93. The molecule has 0 saturated heterocycles. The fraction of sp³-hybridized carbons (Fsp3) is 0.474. The van der Waals surface area contributed by atoms with Gasteiger partial charge in [-0.3, -0.25) is 4.90 Å². The summed E-state index contributed by atoms with van der Waals surface area (Å²) in [6.45, 7) is 1.86. The van der Waals surface area contributed by atoms with Crippen LogP contribution in [-0.4, -0.2) is 34.1 Å². The van der Waals surface area contributed by atoms with E-state index >= 15 is 0 Å². The highest BCUT2D eigenvalue weighted by molar-refractivity contribution is 5.23. The zero-order chi connectivity index (χ0) is 19.4. The van der Waals surface area contributed by atoms with E-state index in [-0.39, 0.29) is 0 Å². The first-order chi connectivity index (χ1) is 13.0. The fourth-order valence-corrected chi connectivity index (χ4v) is 3.52. The Morgan fingerprint density at radius 2 is 1.96 bits per heavy atom. The minimum atomic E-state index is -1.16. The molecule has 0 radical (unpaired) electrons. The molecule has 1 aliphatic carbocycles. The second kappa shape index (κ2) is 8.67. The largest absolute Gasteiger partial charge is 0.467 e. The molecule has 146 valence electrons. The number of methoxy groups -OCH3 is 1. The van der Waals surface area contributed by atoms with Crippen LogP contribution in [-0.2, 0) is 13.1 Å². The fourth-order valence-electron chi connectivity index (χ4n) is 3.52. The summed E-state index contributed by atoms with van der Waals surface area (Å²) in [5, 5.41) is 0. The van der Waals surface area contributed by atoms with Gasteiger partial charge in [0, 0.05) is 43.0 Å². The van der Waals surface area contributed by atoms with Crippen molar-refractivity contribution in [3.05, 3.63) is 53.1 Å². The molecular formula is C19H23F3N4O. The maximum absolute atomic E-state index is 12.0. The normalized spacial score (nSPS) is 22.0. The van der Waals surface area contributed by atoms with Crippen molar-refractivity contribution < 1.29 is 17.9 Å². The SMILES string of the molecule is COc1ncc2c(n1)CN(C1CCC[C@@H](N)C1)C2.Fc1ccc(F)c(F)c1. The summed E-state index contributed by atoms with van der Waals surface area (Å²) in [5.41, 5.74) is 8.41. The lowest BCUT2D eigenvalue weighted by atomic mass is 9.91. The van der Waals surface area contributed by atoms with Crippen LogP contribution in [0.15, 0.2) is 24.4 Å². The average molecular weight is 380 g/mol. The Hall–Kier alpha value is -2.19. The molecule has 1 saturated carbocycles. The number of fused-ring (bicyclic) bond motifs is 1. The molecule has 0 amide bonds. The summed E-state index contributed by atoms with van der Waals surface area (Å²) in [4.78, 5) is 11.1. The van der Waals surface area contributed by atoms with Gasteiger partial charge in [-0.05, 0) is 31.4 Å². The third-order valence-electron chi connectivity index (χ3n) is 4.93. The van der Waals surface area contributed by atoms with Gasteiger partial charge in [0.2, 0.25) is 0 Å². The van der Waals surface area contributed by atoms with Gasteiger partial charge >= 0.3 is 6.01 Å². The van der Waals surface area contributed by atoms with Gasteiger partial charge < -0.3 is 10.5 Å². The van der Waals surface area contributed by atoms with Crippen LogP contribution in [0.5, 0.6) is 6.01 Å². The lowest BCUT2D eigenvalue weighted by Crippen LogP contribution is -2.40. The molecule has 1 fully saturated rings. The first-order valence-electron chi connectivity index (χ1n) is 8.95. The number of ether oxygens (including phenoxy) is 1. The van der Waals surface area contributed by atoms with E-state index in [0.29, 0.717) is 24.2 Å². The summed E-state index contributed by atoms with van der Waals surface area (Å²) in [7, 11) is 1.61. The van der Waals surface area contributed by atoms with Crippen LogP contribution in [0, 0.1) is 17.5 Å². The maximum Gasteiger partial charge on any atom is 0.316 e. The Bertz CT molecular complexity index is 790. The van der Waals surface area contributed by atoms with E-state index in [2.05, 4.69) is 14.9 Å². The monoisotopic (exact) mass is 380 g/mol. The van der Waals surface area contributed by atoms with Crippen molar-refractivity contribution in [2.24, 2.45) is 5.73 Å². The molecule has 2 heterocycles. The highest BCUT2D eigenvalue weighted by Gasteiger charge is 2.30. The number of nitrogens with two attached hydrogens (primary N) is 1. The molecule has 1 aromatic heterocycles. The number of nitrogens with zero attached hydrogens (tertiary/aromatic N) is 3. The smallest absolute Gasteiger partial charge is 0.316 e. The first-order valence-corrected chi connectivity index (χ1v) is 8.95. The van der Waals surface area contributed by atoms with E-state index in [0.717, 1.165) is 37.3 Å². The standard InChI is InChI=1S/C13H20N4O.C6H3F3/c1-18-13-15-6-9-7-17(8-12(9)16-13)11-4-2-3-10(14)5-11;7-4-1-2-5(8)6(9)3-4/h6,10-11H,2-5,7-8,14H2,1H3;1-3H/t10-,11?;/m1./s1. The Kier molecular flexibility index (Phi) is 6.28. The highest BCUT2D eigenvalue weighted by atomic mass is 19.2. The molecule has 27 heavy (non-hydrogen) atoms. The zero-order valence-electron chi connectivity index (χ0n) is 15.2. The molecule has 1 aliphatic heterocycles. The number of hydrogen-bond acceptors (Lipinski definition) is 5. The minimum absolute atomic E-state index is 0.369. The van der Waals surface area contributed by atoms with Gasteiger partial charge in [0.1, 0.15) is 5.82 Å². The summed E-state index contributed by atoms with van der Waals surface area (Å²) in [6.07, 6.45) is 6.67. The molecule has 5 nitrogen and oxygen atoms in total. The quantitative estimate of drug-likeness (QED) is 0.811. The van der Waals surface area contributed by atoms with Gasteiger partial charge in [-0.15, -0.1) is 0 Å². The first kappa shape index (κ1) is 19.6. The molecule has 2 N–H and O–H groups in total. The predicted molar refractivity (Wildman–Crippen MR) is 94.4 cm³/mol. The van der Waals surface area contributed by atoms with Crippen molar-refractivity contribution in [3.8, 4) is 6.01 Å². The molecule has 8 heteroatoms. The molecule has 0 bridgehead atoms. The molecular weight excluding hydrogens is 357 g/mol. The van der Waals surface area contributed by atoms with Gasteiger partial charge in [-0.25, -0.2) is 18.2 Å². The van der Waals surface area contributed by atoms with Crippen LogP contribution < -0.4 is 10.5 Å². The van der Waals surface area contributed by atoms with E-state index in [1.165, 1.54) is 24.8 Å². The number of rotatable bonds is 2. The molecule has 2 aromatic rings. The molecule has 4 rings (SSSR count). The lowest BCUT2D eigenvalue weighted by molar-refractivity contribution is 0.146. The van der Waals surface area contributed by atoms with Crippen LogP contribution in [0.4, 0.5) is 13.2 Å².